The van der Waals surface area contributed by atoms with Crippen LogP contribution >= 0.6 is 0 Å². The van der Waals surface area contributed by atoms with Gasteiger partial charge in [-0.3, -0.25) is 19.3 Å². The number of nitrogens with zero attached hydrogens (tertiary/aromatic N) is 1. The third kappa shape index (κ3) is 4.95. The van der Waals surface area contributed by atoms with E-state index in [4.69, 9.17) is 0 Å². The molecule has 1 heterocycles. The summed E-state index contributed by atoms with van der Waals surface area (Å²) in [5.74, 6) is -2.16. The Morgan fingerprint density at radius 1 is 0.972 bits per heavy atom. The van der Waals surface area contributed by atoms with Gasteiger partial charge in [-0.15, -0.1) is 0 Å². The Hall–Kier alpha value is -4.53. The molecule has 1 saturated heterocycles. The van der Waals surface area contributed by atoms with Gasteiger partial charge >= 0.3 is 6.03 Å². The number of halogens is 1. The van der Waals surface area contributed by atoms with Crippen LogP contribution in [0.15, 0.2) is 78.9 Å². The van der Waals surface area contributed by atoms with E-state index in [-0.39, 0.29) is 23.2 Å². The normalized spacial score (nSPS) is 17.9. The number of carbonyl (C=O) groups excluding carboxylic acids is 4. The number of carbonyl (C=O) groups is 4. The predicted octanol–water partition coefficient (Wildman–Crippen LogP) is 3.72. The molecule has 0 spiro atoms. The minimum atomic E-state index is -1.43. The van der Waals surface area contributed by atoms with Crippen LogP contribution in [0.5, 0.6) is 0 Å². The summed E-state index contributed by atoms with van der Waals surface area (Å²) in [6.45, 7) is 2.79. The quantitative estimate of drug-likeness (QED) is 0.441. The predicted molar refractivity (Wildman–Crippen MR) is 131 cm³/mol. The van der Waals surface area contributed by atoms with Crippen molar-refractivity contribution in [3.05, 3.63) is 101 Å². The maximum atomic E-state index is 13.3. The van der Waals surface area contributed by atoms with Crippen LogP contribution in [0.3, 0.4) is 0 Å². The van der Waals surface area contributed by atoms with Crippen molar-refractivity contribution in [2.24, 2.45) is 0 Å². The molecule has 3 N–H and O–H groups in total. The van der Waals surface area contributed by atoms with Gasteiger partial charge in [0.1, 0.15) is 17.9 Å². The highest BCUT2D eigenvalue weighted by atomic mass is 19.1. The van der Waals surface area contributed by atoms with E-state index in [2.05, 4.69) is 16.0 Å². The lowest BCUT2D eigenvalue weighted by molar-refractivity contribution is -0.133. The molecule has 1 aliphatic rings. The summed E-state index contributed by atoms with van der Waals surface area (Å²) >= 11 is 0. The van der Waals surface area contributed by atoms with E-state index < -0.39 is 35.7 Å². The van der Waals surface area contributed by atoms with Crippen molar-refractivity contribution in [1.82, 2.24) is 15.5 Å². The zero-order valence-electron chi connectivity index (χ0n) is 19.7. The summed E-state index contributed by atoms with van der Waals surface area (Å²) < 4.78 is 13.3. The van der Waals surface area contributed by atoms with E-state index in [9.17, 15) is 23.6 Å². The van der Waals surface area contributed by atoms with Gasteiger partial charge in [0.2, 0.25) is 5.91 Å². The standard InChI is InChI=1S/C27H25FN4O4/c1-17(18-8-4-3-5-9-18)29-24(34)21-10-6-7-11-22(21)30-23(33)16-32-25(35)27(2,31-26(32)36)19-12-14-20(28)15-13-19/h3-15,17H,16H2,1-2H3,(H,29,34)(H,30,33)(H,31,36)/t17-,27-/m1/s1. The Balaban J connectivity index is 1.45. The van der Waals surface area contributed by atoms with Gasteiger partial charge in [0, 0.05) is 0 Å². The first kappa shape index (κ1) is 24.6. The van der Waals surface area contributed by atoms with Crippen molar-refractivity contribution in [1.29, 1.82) is 0 Å². The number of amides is 5. The topological polar surface area (TPSA) is 108 Å². The van der Waals surface area contributed by atoms with Crippen molar-refractivity contribution < 1.29 is 23.6 Å². The molecule has 3 aromatic carbocycles. The Kier molecular flexibility index (Phi) is 6.82. The zero-order chi connectivity index (χ0) is 25.9. The lowest BCUT2D eigenvalue weighted by atomic mass is 9.92. The van der Waals surface area contributed by atoms with Crippen LogP contribution in [0.1, 0.15) is 41.4 Å². The van der Waals surface area contributed by atoms with Gasteiger partial charge in [-0.05, 0) is 49.2 Å². The third-order valence-corrected chi connectivity index (χ3v) is 6.09. The van der Waals surface area contributed by atoms with Gasteiger partial charge in [0.05, 0.1) is 17.3 Å². The Morgan fingerprint density at radius 2 is 1.61 bits per heavy atom. The van der Waals surface area contributed by atoms with Gasteiger partial charge < -0.3 is 16.0 Å². The second-order valence-electron chi connectivity index (χ2n) is 8.65. The highest BCUT2D eigenvalue weighted by Gasteiger charge is 2.49. The lowest BCUT2D eigenvalue weighted by Crippen LogP contribution is -2.42. The molecule has 0 bridgehead atoms. The molecule has 8 nitrogen and oxygen atoms in total. The SMILES string of the molecule is C[C@@H](NC(=O)c1ccccc1NC(=O)CN1C(=O)N[C@](C)(c2ccc(F)cc2)C1=O)c1ccccc1. The number of hydrogen-bond acceptors (Lipinski definition) is 4. The fourth-order valence-corrected chi connectivity index (χ4v) is 4.04. The van der Waals surface area contributed by atoms with Crippen LogP contribution in [0.2, 0.25) is 0 Å². The molecule has 0 radical (unpaired) electrons. The van der Waals surface area contributed by atoms with E-state index in [1.807, 2.05) is 37.3 Å². The van der Waals surface area contributed by atoms with Crippen molar-refractivity contribution in [3.63, 3.8) is 0 Å². The van der Waals surface area contributed by atoms with E-state index >= 15 is 0 Å². The number of anilines is 1. The molecule has 2 atom stereocenters. The number of imide groups is 1. The summed E-state index contributed by atoms with van der Waals surface area (Å²) in [5, 5.41) is 8.10. The molecule has 0 aromatic heterocycles. The maximum Gasteiger partial charge on any atom is 0.325 e. The Bertz CT molecular complexity index is 1310. The van der Waals surface area contributed by atoms with Gasteiger partial charge in [0.25, 0.3) is 11.8 Å². The molecule has 9 heteroatoms. The number of nitrogens with one attached hydrogen (secondary N) is 3. The molecular weight excluding hydrogens is 463 g/mol. The fraction of sp³-hybridized carbons (Fsp3) is 0.185. The summed E-state index contributed by atoms with van der Waals surface area (Å²) in [4.78, 5) is 52.1. The van der Waals surface area contributed by atoms with Gasteiger partial charge in [0.15, 0.2) is 0 Å². The number of urea groups is 1. The molecule has 1 fully saturated rings. The average molecular weight is 489 g/mol. The first-order chi connectivity index (χ1) is 17.2. The fourth-order valence-electron chi connectivity index (χ4n) is 4.04. The van der Waals surface area contributed by atoms with Crippen molar-refractivity contribution >= 4 is 29.4 Å². The highest BCUT2D eigenvalue weighted by Crippen LogP contribution is 2.29. The number of para-hydroxylation sites is 1. The molecule has 3 aromatic rings. The Morgan fingerprint density at radius 3 is 2.31 bits per heavy atom. The van der Waals surface area contributed by atoms with Crippen molar-refractivity contribution in [2.45, 2.75) is 25.4 Å². The number of hydrogen-bond donors (Lipinski definition) is 3. The van der Waals surface area contributed by atoms with Crippen LogP contribution in [0, 0.1) is 5.82 Å². The molecule has 1 aliphatic heterocycles. The number of rotatable bonds is 7. The molecular formula is C27H25FN4O4. The third-order valence-electron chi connectivity index (χ3n) is 6.09. The van der Waals surface area contributed by atoms with Gasteiger partial charge in [-0.1, -0.05) is 54.6 Å². The molecule has 0 unspecified atom stereocenters. The zero-order valence-corrected chi connectivity index (χ0v) is 19.7. The monoisotopic (exact) mass is 488 g/mol. The minimum Gasteiger partial charge on any atom is -0.345 e. The van der Waals surface area contributed by atoms with E-state index in [1.165, 1.54) is 31.2 Å². The molecule has 184 valence electrons. The summed E-state index contributed by atoms with van der Waals surface area (Å²) in [5.41, 5.74) is 0.363. The lowest BCUT2D eigenvalue weighted by Gasteiger charge is -2.22. The van der Waals surface area contributed by atoms with Gasteiger partial charge in [-0.2, -0.15) is 0 Å². The average Bonchev–Trinajstić information content (AvgIpc) is 3.08. The van der Waals surface area contributed by atoms with E-state index in [1.54, 1.807) is 24.3 Å². The largest absolute Gasteiger partial charge is 0.345 e. The summed E-state index contributed by atoms with van der Waals surface area (Å²) in [6.07, 6.45) is 0. The molecule has 5 amide bonds. The van der Waals surface area contributed by atoms with Crippen molar-refractivity contribution in [2.75, 3.05) is 11.9 Å². The van der Waals surface area contributed by atoms with Crippen LogP contribution < -0.4 is 16.0 Å². The minimum absolute atomic E-state index is 0.238. The van der Waals surface area contributed by atoms with E-state index in [0.717, 1.165) is 10.5 Å². The van der Waals surface area contributed by atoms with Crippen LogP contribution in [0.25, 0.3) is 0 Å². The van der Waals surface area contributed by atoms with Crippen LogP contribution in [-0.2, 0) is 15.1 Å². The summed E-state index contributed by atoms with van der Waals surface area (Å²) in [7, 11) is 0. The first-order valence-corrected chi connectivity index (χ1v) is 11.3. The Labute approximate surface area is 207 Å². The molecule has 0 aliphatic carbocycles. The second kappa shape index (κ2) is 9.99. The maximum absolute atomic E-state index is 13.3. The van der Waals surface area contributed by atoms with E-state index in [0.29, 0.717) is 5.56 Å². The molecule has 36 heavy (non-hydrogen) atoms. The molecule has 4 rings (SSSR count). The van der Waals surface area contributed by atoms with Crippen LogP contribution in [-0.4, -0.2) is 35.2 Å². The summed E-state index contributed by atoms with van der Waals surface area (Å²) in [6, 6.07) is 20.1. The van der Waals surface area contributed by atoms with Gasteiger partial charge in [-0.25, -0.2) is 9.18 Å². The first-order valence-electron chi connectivity index (χ1n) is 11.3. The van der Waals surface area contributed by atoms with Crippen LogP contribution in [0.4, 0.5) is 14.9 Å². The highest BCUT2D eigenvalue weighted by molar-refractivity contribution is 6.11. The number of benzene rings is 3. The second-order valence-corrected chi connectivity index (χ2v) is 8.65. The smallest absolute Gasteiger partial charge is 0.325 e. The van der Waals surface area contributed by atoms with Crippen molar-refractivity contribution in [3.8, 4) is 0 Å². The molecule has 0 saturated carbocycles.